The molecule has 1 atom stereocenters. The monoisotopic (exact) mass is 241 g/mol. The van der Waals surface area contributed by atoms with Crippen molar-refractivity contribution in [1.82, 2.24) is 15.5 Å². The lowest BCUT2D eigenvalue weighted by Crippen LogP contribution is -2.46. The summed E-state index contributed by atoms with van der Waals surface area (Å²) in [6.07, 6.45) is -4.36. The Balaban J connectivity index is 3.74. The summed E-state index contributed by atoms with van der Waals surface area (Å²) in [4.78, 5) is 13.1. The van der Waals surface area contributed by atoms with Gasteiger partial charge in [-0.15, -0.1) is 0 Å². The number of likely N-dealkylation sites (N-methyl/N-ethyl adjacent to an activating group) is 1. The first-order valence-electron chi connectivity index (χ1n) is 4.95. The molecule has 0 saturated carbocycles. The van der Waals surface area contributed by atoms with Gasteiger partial charge in [0.1, 0.15) is 6.54 Å². The zero-order valence-corrected chi connectivity index (χ0v) is 9.69. The number of carbonyl (C=O) groups is 1. The minimum atomic E-state index is -4.36. The molecular weight excluding hydrogens is 223 g/mol. The molecule has 1 amide bonds. The van der Waals surface area contributed by atoms with Crippen molar-refractivity contribution in [2.75, 3.05) is 33.7 Å². The molecule has 0 heterocycles. The van der Waals surface area contributed by atoms with E-state index < -0.39 is 24.7 Å². The highest BCUT2D eigenvalue weighted by Crippen LogP contribution is 2.12. The highest BCUT2D eigenvalue weighted by Gasteiger charge is 2.28. The average Bonchev–Trinajstić information content (AvgIpc) is 2.12. The Labute approximate surface area is 93.2 Å². The Hall–Kier alpha value is -0.820. The topological polar surface area (TPSA) is 44.4 Å². The van der Waals surface area contributed by atoms with Gasteiger partial charge in [-0.1, -0.05) is 0 Å². The zero-order valence-electron chi connectivity index (χ0n) is 9.69. The Kier molecular flexibility index (Phi) is 6.35. The van der Waals surface area contributed by atoms with Crippen molar-refractivity contribution in [2.24, 2.45) is 0 Å². The summed E-state index contributed by atoms with van der Waals surface area (Å²) in [5.41, 5.74) is 0. The van der Waals surface area contributed by atoms with Crippen LogP contribution < -0.4 is 10.6 Å². The van der Waals surface area contributed by atoms with Gasteiger partial charge in [0.05, 0.1) is 6.04 Å². The second-order valence-electron chi connectivity index (χ2n) is 3.81. The average molecular weight is 241 g/mol. The zero-order chi connectivity index (χ0) is 12.8. The molecule has 96 valence electrons. The quantitative estimate of drug-likeness (QED) is 0.698. The summed E-state index contributed by atoms with van der Waals surface area (Å²) in [5, 5.41) is 4.65. The summed E-state index contributed by atoms with van der Waals surface area (Å²) < 4.78 is 35.4. The number of nitrogens with one attached hydrogen (secondary N) is 2. The number of hydrogen-bond donors (Lipinski definition) is 2. The predicted octanol–water partition coefficient (Wildman–Crippen LogP) is 0.205. The Morgan fingerprint density at radius 1 is 1.38 bits per heavy atom. The molecule has 0 spiro atoms. The van der Waals surface area contributed by atoms with Gasteiger partial charge in [-0.05, 0) is 21.0 Å². The van der Waals surface area contributed by atoms with Gasteiger partial charge in [0.2, 0.25) is 5.91 Å². The van der Waals surface area contributed by atoms with Crippen LogP contribution in [0.3, 0.4) is 0 Å². The third-order valence-corrected chi connectivity index (χ3v) is 1.87. The van der Waals surface area contributed by atoms with Crippen molar-refractivity contribution >= 4 is 5.91 Å². The van der Waals surface area contributed by atoms with Crippen LogP contribution in [0.1, 0.15) is 6.92 Å². The second-order valence-corrected chi connectivity index (χ2v) is 3.81. The lowest BCUT2D eigenvalue weighted by molar-refractivity contribution is -0.139. The van der Waals surface area contributed by atoms with Crippen molar-refractivity contribution < 1.29 is 18.0 Å². The van der Waals surface area contributed by atoms with Crippen LogP contribution in [-0.4, -0.2) is 56.8 Å². The molecule has 4 nitrogen and oxygen atoms in total. The molecule has 0 fully saturated rings. The van der Waals surface area contributed by atoms with Gasteiger partial charge in [-0.3, -0.25) is 4.79 Å². The van der Waals surface area contributed by atoms with Crippen molar-refractivity contribution in [1.29, 1.82) is 0 Å². The molecule has 16 heavy (non-hydrogen) atoms. The van der Waals surface area contributed by atoms with Crippen LogP contribution in [-0.2, 0) is 4.79 Å². The van der Waals surface area contributed by atoms with Crippen LogP contribution in [0.25, 0.3) is 0 Å². The predicted molar refractivity (Wildman–Crippen MR) is 55.1 cm³/mol. The van der Waals surface area contributed by atoms with Crippen LogP contribution >= 0.6 is 0 Å². The largest absolute Gasteiger partial charge is 0.405 e. The second kappa shape index (κ2) is 6.70. The molecule has 0 aromatic carbocycles. The highest BCUT2D eigenvalue weighted by molar-refractivity contribution is 5.81. The summed E-state index contributed by atoms with van der Waals surface area (Å²) in [6.45, 7) is 1.51. The number of nitrogens with zero attached hydrogens (tertiary/aromatic N) is 1. The summed E-state index contributed by atoms with van der Waals surface area (Å²) in [6, 6.07) is -0.623. The molecule has 0 rings (SSSR count). The van der Waals surface area contributed by atoms with Gasteiger partial charge in [0, 0.05) is 13.1 Å². The molecule has 0 bridgehead atoms. The van der Waals surface area contributed by atoms with Gasteiger partial charge in [0.15, 0.2) is 0 Å². The normalized spacial score (nSPS) is 13.9. The summed E-state index contributed by atoms with van der Waals surface area (Å²) in [7, 11) is 3.74. The lowest BCUT2D eigenvalue weighted by atomic mass is 10.3. The number of rotatable bonds is 6. The standard InChI is InChI=1S/C9H18F3N3O/c1-7(13-4-5-15(2)3)8(16)14-6-9(10,11)12/h7,13H,4-6H2,1-3H3,(H,14,16). The maximum absolute atomic E-state index is 11.8. The highest BCUT2D eigenvalue weighted by atomic mass is 19.4. The van der Waals surface area contributed by atoms with E-state index >= 15 is 0 Å². The van der Waals surface area contributed by atoms with E-state index in [9.17, 15) is 18.0 Å². The molecule has 0 radical (unpaired) electrons. The van der Waals surface area contributed by atoms with Crippen LogP contribution in [0.5, 0.6) is 0 Å². The SMILES string of the molecule is CC(NCCN(C)C)C(=O)NCC(F)(F)F. The number of amides is 1. The van der Waals surface area contributed by atoms with E-state index in [0.717, 1.165) is 6.54 Å². The molecule has 0 aromatic heterocycles. The maximum atomic E-state index is 11.8. The number of carbonyl (C=O) groups excluding carboxylic acids is 1. The molecule has 2 N–H and O–H groups in total. The first-order chi connectivity index (χ1) is 7.22. The minimum absolute atomic E-state index is 0.549. The van der Waals surface area contributed by atoms with Crippen LogP contribution in [0.15, 0.2) is 0 Å². The first-order valence-corrected chi connectivity index (χ1v) is 4.95. The third-order valence-electron chi connectivity index (χ3n) is 1.87. The van der Waals surface area contributed by atoms with Crippen molar-refractivity contribution in [3.8, 4) is 0 Å². The minimum Gasteiger partial charge on any atom is -0.346 e. The Morgan fingerprint density at radius 2 is 1.94 bits per heavy atom. The van der Waals surface area contributed by atoms with Crippen molar-refractivity contribution in [3.05, 3.63) is 0 Å². The van der Waals surface area contributed by atoms with E-state index in [1.807, 2.05) is 24.3 Å². The van der Waals surface area contributed by atoms with Crippen molar-refractivity contribution in [3.63, 3.8) is 0 Å². The van der Waals surface area contributed by atoms with Crippen LogP contribution in [0.4, 0.5) is 13.2 Å². The van der Waals surface area contributed by atoms with Crippen molar-refractivity contribution in [2.45, 2.75) is 19.1 Å². The third kappa shape index (κ3) is 8.49. The van der Waals surface area contributed by atoms with E-state index in [4.69, 9.17) is 0 Å². The fourth-order valence-electron chi connectivity index (χ4n) is 0.938. The fraction of sp³-hybridized carbons (Fsp3) is 0.889. The first kappa shape index (κ1) is 15.2. The Bertz CT molecular complexity index is 219. The van der Waals surface area contributed by atoms with E-state index in [1.54, 1.807) is 0 Å². The van der Waals surface area contributed by atoms with Crippen LogP contribution in [0, 0.1) is 0 Å². The molecule has 7 heteroatoms. The van der Waals surface area contributed by atoms with Gasteiger partial charge in [-0.2, -0.15) is 13.2 Å². The number of halogens is 3. The van der Waals surface area contributed by atoms with Gasteiger partial charge < -0.3 is 15.5 Å². The van der Waals surface area contributed by atoms with E-state index in [1.165, 1.54) is 6.92 Å². The molecule has 1 unspecified atom stereocenters. The van der Waals surface area contributed by atoms with E-state index in [2.05, 4.69) is 5.32 Å². The molecule has 0 aliphatic carbocycles. The van der Waals surface area contributed by atoms with Crippen LogP contribution in [0.2, 0.25) is 0 Å². The van der Waals surface area contributed by atoms with E-state index in [0.29, 0.717) is 6.54 Å². The molecular formula is C9H18F3N3O. The number of alkyl halides is 3. The van der Waals surface area contributed by atoms with Gasteiger partial charge >= 0.3 is 6.18 Å². The molecule has 0 aliphatic rings. The molecule has 0 aliphatic heterocycles. The molecule has 0 saturated heterocycles. The smallest absolute Gasteiger partial charge is 0.346 e. The summed E-state index contributed by atoms with van der Waals surface area (Å²) in [5.74, 6) is -0.643. The fourth-order valence-corrected chi connectivity index (χ4v) is 0.938. The van der Waals surface area contributed by atoms with E-state index in [-0.39, 0.29) is 0 Å². The maximum Gasteiger partial charge on any atom is 0.405 e. The molecule has 0 aromatic rings. The lowest BCUT2D eigenvalue weighted by Gasteiger charge is -2.16. The summed E-state index contributed by atoms with van der Waals surface area (Å²) >= 11 is 0. The number of hydrogen-bond acceptors (Lipinski definition) is 3. The van der Waals surface area contributed by atoms with Gasteiger partial charge in [-0.25, -0.2) is 0 Å². The Morgan fingerprint density at radius 3 is 2.38 bits per heavy atom. The van der Waals surface area contributed by atoms with Gasteiger partial charge in [0.25, 0.3) is 0 Å².